The number of ether oxygens (including phenoxy) is 3. The molecule has 26 heavy (non-hydrogen) atoms. The van der Waals surface area contributed by atoms with E-state index in [0.717, 1.165) is 18.4 Å². The molecule has 0 unspecified atom stereocenters. The molecule has 0 bridgehead atoms. The Kier molecular flexibility index (Phi) is 8.44. The van der Waals surface area contributed by atoms with Crippen LogP contribution < -0.4 is 0 Å². The highest BCUT2D eigenvalue weighted by Crippen LogP contribution is 2.38. The third kappa shape index (κ3) is 6.37. The van der Waals surface area contributed by atoms with Crippen molar-refractivity contribution in [3.63, 3.8) is 0 Å². The first-order valence-electron chi connectivity index (χ1n) is 10.6. The summed E-state index contributed by atoms with van der Waals surface area (Å²) >= 11 is 0. The van der Waals surface area contributed by atoms with Gasteiger partial charge in [-0.05, 0) is 48.6 Å². The van der Waals surface area contributed by atoms with Crippen LogP contribution in [0.3, 0.4) is 0 Å². The molecule has 0 aromatic heterocycles. The smallest absolute Gasteiger partial charge is 0.0720 e. The van der Waals surface area contributed by atoms with Crippen LogP contribution in [0.25, 0.3) is 0 Å². The number of hydrogen-bond acceptors (Lipinski definition) is 3. The van der Waals surface area contributed by atoms with E-state index in [-0.39, 0.29) is 0 Å². The summed E-state index contributed by atoms with van der Waals surface area (Å²) in [6.45, 7) is 2.68. The maximum atomic E-state index is 6.21. The molecule has 2 saturated carbocycles. The molecule has 1 aromatic carbocycles. The Morgan fingerprint density at radius 1 is 0.731 bits per heavy atom. The van der Waals surface area contributed by atoms with Gasteiger partial charge in [0.1, 0.15) is 0 Å². The largest absolute Gasteiger partial charge is 0.382 e. The van der Waals surface area contributed by atoms with Crippen molar-refractivity contribution >= 4 is 0 Å². The van der Waals surface area contributed by atoms with Crippen molar-refractivity contribution in [1.82, 2.24) is 0 Å². The van der Waals surface area contributed by atoms with Gasteiger partial charge in [0.15, 0.2) is 0 Å². The third-order valence-corrected chi connectivity index (χ3v) is 6.24. The lowest BCUT2D eigenvalue weighted by Gasteiger charge is -2.35. The molecule has 0 radical (unpaired) electrons. The van der Waals surface area contributed by atoms with E-state index in [2.05, 4.69) is 24.3 Å². The van der Waals surface area contributed by atoms with Crippen molar-refractivity contribution in [2.45, 2.75) is 77.1 Å². The zero-order valence-electron chi connectivity index (χ0n) is 16.5. The zero-order chi connectivity index (χ0) is 18.0. The van der Waals surface area contributed by atoms with Crippen LogP contribution >= 0.6 is 0 Å². The molecule has 3 heteroatoms. The Morgan fingerprint density at radius 3 is 2.00 bits per heavy atom. The van der Waals surface area contributed by atoms with Gasteiger partial charge in [0.05, 0.1) is 32.5 Å². The number of rotatable bonds is 9. The summed E-state index contributed by atoms with van der Waals surface area (Å²) in [5.74, 6) is 2.00. The van der Waals surface area contributed by atoms with Crippen molar-refractivity contribution in [2.75, 3.05) is 20.3 Å². The van der Waals surface area contributed by atoms with Crippen LogP contribution in [0.5, 0.6) is 0 Å². The Balaban J connectivity index is 1.33. The van der Waals surface area contributed by atoms with Crippen LogP contribution in [-0.4, -0.2) is 26.4 Å². The first-order chi connectivity index (χ1) is 12.8. The van der Waals surface area contributed by atoms with Crippen molar-refractivity contribution < 1.29 is 14.2 Å². The van der Waals surface area contributed by atoms with E-state index in [4.69, 9.17) is 14.2 Å². The Labute approximate surface area is 159 Å². The van der Waals surface area contributed by atoms with Gasteiger partial charge in [0.25, 0.3) is 0 Å². The predicted molar refractivity (Wildman–Crippen MR) is 105 cm³/mol. The minimum Gasteiger partial charge on any atom is -0.382 e. The molecule has 146 valence electrons. The minimum absolute atomic E-state index is 0.465. The average Bonchev–Trinajstić information content (AvgIpc) is 2.72. The molecule has 0 N–H and O–H groups in total. The summed E-state index contributed by atoms with van der Waals surface area (Å²) < 4.78 is 16.8. The molecule has 0 amide bonds. The molecule has 3 rings (SSSR count). The van der Waals surface area contributed by atoms with Crippen LogP contribution in [0.15, 0.2) is 24.3 Å². The average molecular weight is 361 g/mol. The van der Waals surface area contributed by atoms with Gasteiger partial charge < -0.3 is 14.2 Å². The highest BCUT2D eigenvalue weighted by atomic mass is 16.5. The van der Waals surface area contributed by atoms with Crippen molar-refractivity contribution in [3.05, 3.63) is 35.4 Å². The summed E-state index contributed by atoms with van der Waals surface area (Å²) in [6.07, 6.45) is 13.1. The van der Waals surface area contributed by atoms with E-state index in [1.807, 2.05) is 0 Å². The Morgan fingerprint density at radius 2 is 1.35 bits per heavy atom. The van der Waals surface area contributed by atoms with Crippen LogP contribution in [0.2, 0.25) is 0 Å². The Hall–Kier alpha value is -0.900. The minimum atomic E-state index is 0.465. The summed E-state index contributed by atoms with van der Waals surface area (Å²) in [6, 6.07) is 8.63. The predicted octanol–water partition coefficient (Wildman–Crippen LogP) is 5.51. The molecule has 1 aromatic rings. The molecular formula is C23H36O3. The lowest BCUT2D eigenvalue weighted by molar-refractivity contribution is -0.00164. The van der Waals surface area contributed by atoms with Crippen LogP contribution in [0, 0.1) is 11.8 Å². The SMILES string of the molecule is COCCOCc1ccc(COC2CCC(C3CCCCC3)CC2)cc1. The van der Waals surface area contributed by atoms with E-state index in [1.54, 1.807) is 7.11 Å². The van der Waals surface area contributed by atoms with E-state index in [1.165, 1.54) is 68.9 Å². The van der Waals surface area contributed by atoms with Crippen molar-refractivity contribution in [3.8, 4) is 0 Å². The van der Waals surface area contributed by atoms with Crippen molar-refractivity contribution in [1.29, 1.82) is 0 Å². The first-order valence-corrected chi connectivity index (χ1v) is 10.6. The summed E-state index contributed by atoms with van der Waals surface area (Å²) in [7, 11) is 1.70. The molecule has 0 heterocycles. The summed E-state index contributed by atoms with van der Waals surface area (Å²) in [5, 5.41) is 0. The number of methoxy groups -OCH3 is 1. The second-order valence-corrected chi connectivity index (χ2v) is 8.11. The quantitative estimate of drug-likeness (QED) is 0.544. The van der Waals surface area contributed by atoms with Gasteiger partial charge in [-0.3, -0.25) is 0 Å². The molecule has 0 atom stereocenters. The number of benzene rings is 1. The standard InChI is InChI=1S/C23H36O3/c1-24-15-16-25-17-19-7-9-20(10-8-19)18-26-23-13-11-22(12-14-23)21-5-3-2-4-6-21/h7-10,21-23H,2-6,11-18H2,1H3. The maximum absolute atomic E-state index is 6.21. The van der Waals surface area contributed by atoms with Gasteiger partial charge in [-0.2, -0.15) is 0 Å². The first kappa shape index (κ1) is 19.9. The highest BCUT2D eigenvalue weighted by molar-refractivity contribution is 5.21. The zero-order valence-corrected chi connectivity index (χ0v) is 16.5. The molecule has 2 fully saturated rings. The van der Waals surface area contributed by atoms with Gasteiger partial charge in [-0.15, -0.1) is 0 Å². The molecule has 0 saturated heterocycles. The molecule has 0 spiro atoms. The van der Waals surface area contributed by atoms with Gasteiger partial charge in [-0.25, -0.2) is 0 Å². The summed E-state index contributed by atoms with van der Waals surface area (Å²) in [4.78, 5) is 0. The van der Waals surface area contributed by atoms with E-state index in [9.17, 15) is 0 Å². The molecule has 0 aliphatic heterocycles. The van der Waals surface area contributed by atoms with Gasteiger partial charge in [-0.1, -0.05) is 56.4 Å². The fourth-order valence-corrected chi connectivity index (χ4v) is 4.61. The van der Waals surface area contributed by atoms with Gasteiger partial charge >= 0.3 is 0 Å². The second kappa shape index (κ2) is 11.1. The second-order valence-electron chi connectivity index (χ2n) is 8.11. The van der Waals surface area contributed by atoms with E-state index >= 15 is 0 Å². The molecule has 2 aliphatic carbocycles. The van der Waals surface area contributed by atoms with Gasteiger partial charge in [0, 0.05) is 7.11 Å². The highest BCUT2D eigenvalue weighted by Gasteiger charge is 2.28. The van der Waals surface area contributed by atoms with Crippen LogP contribution in [0.4, 0.5) is 0 Å². The van der Waals surface area contributed by atoms with E-state index < -0.39 is 0 Å². The van der Waals surface area contributed by atoms with E-state index in [0.29, 0.717) is 25.9 Å². The topological polar surface area (TPSA) is 27.7 Å². The maximum Gasteiger partial charge on any atom is 0.0720 e. The van der Waals surface area contributed by atoms with Crippen molar-refractivity contribution in [2.24, 2.45) is 11.8 Å². The fourth-order valence-electron chi connectivity index (χ4n) is 4.61. The lowest BCUT2D eigenvalue weighted by Crippen LogP contribution is -2.27. The molecular weight excluding hydrogens is 324 g/mol. The number of hydrogen-bond donors (Lipinski definition) is 0. The third-order valence-electron chi connectivity index (χ3n) is 6.24. The summed E-state index contributed by atoms with van der Waals surface area (Å²) in [5.41, 5.74) is 2.47. The monoisotopic (exact) mass is 360 g/mol. The fraction of sp³-hybridized carbons (Fsp3) is 0.739. The van der Waals surface area contributed by atoms with Crippen LogP contribution in [0.1, 0.15) is 68.9 Å². The normalized spacial score (nSPS) is 24.7. The van der Waals surface area contributed by atoms with Gasteiger partial charge in [0.2, 0.25) is 0 Å². The molecule has 3 nitrogen and oxygen atoms in total. The Bertz CT molecular complexity index is 485. The lowest BCUT2D eigenvalue weighted by atomic mass is 9.73. The van der Waals surface area contributed by atoms with Crippen LogP contribution in [-0.2, 0) is 27.4 Å². The molecule has 2 aliphatic rings.